The average molecular weight is 292 g/mol. The third-order valence-electron chi connectivity index (χ3n) is 3.76. The second kappa shape index (κ2) is 6.58. The molecule has 6 heteroatoms. The maximum Gasteiger partial charge on any atom is 0.326 e. The number of aryl methyl sites for hydroxylation is 1. The number of nitrogens with zero attached hydrogens (tertiary/aromatic N) is 1. The van der Waals surface area contributed by atoms with Gasteiger partial charge < -0.3 is 20.1 Å². The van der Waals surface area contributed by atoms with Crippen molar-refractivity contribution >= 4 is 17.7 Å². The number of benzene rings is 1. The van der Waals surface area contributed by atoms with Gasteiger partial charge in [-0.3, -0.25) is 0 Å². The first-order valence-electron chi connectivity index (χ1n) is 6.97. The summed E-state index contributed by atoms with van der Waals surface area (Å²) in [6.07, 6.45) is 1.00. The number of carboxylic acid groups (broad SMARTS) is 1. The SMILES string of the molecule is CCc1ccc(NC(=O)N2CC(OC)CC2C(=O)O)cc1. The van der Waals surface area contributed by atoms with Crippen LogP contribution < -0.4 is 5.32 Å². The molecule has 21 heavy (non-hydrogen) atoms. The fourth-order valence-corrected chi connectivity index (χ4v) is 2.45. The number of anilines is 1. The molecule has 1 heterocycles. The molecule has 0 bridgehead atoms. The number of carboxylic acids is 1. The van der Waals surface area contributed by atoms with Crippen LogP contribution in [-0.4, -0.2) is 47.8 Å². The second-order valence-corrected chi connectivity index (χ2v) is 5.08. The van der Waals surface area contributed by atoms with Gasteiger partial charge in [0, 0.05) is 25.8 Å². The minimum atomic E-state index is -1.01. The van der Waals surface area contributed by atoms with Gasteiger partial charge >= 0.3 is 12.0 Å². The van der Waals surface area contributed by atoms with Gasteiger partial charge in [-0.25, -0.2) is 9.59 Å². The van der Waals surface area contributed by atoms with E-state index in [1.165, 1.54) is 17.6 Å². The normalized spacial score (nSPS) is 21.3. The first-order valence-corrected chi connectivity index (χ1v) is 6.97. The van der Waals surface area contributed by atoms with Crippen molar-refractivity contribution in [2.75, 3.05) is 19.0 Å². The molecule has 0 aromatic heterocycles. The van der Waals surface area contributed by atoms with E-state index in [4.69, 9.17) is 4.74 Å². The predicted octanol–water partition coefficient (Wildman–Crippen LogP) is 1.95. The number of amides is 2. The van der Waals surface area contributed by atoms with Gasteiger partial charge in [0.1, 0.15) is 6.04 Å². The fraction of sp³-hybridized carbons (Fsp3) is 0.467. The summed E-state index contributed by atoms with van der Waals surface area (Å²) in [5.41, 5.74) is 1.83. The Morgan fingerprint density at radius 2 is 2.05 bits per heavy atom. The molecule has 0 radical (unpaired) electrons. The molecule has 2 N–H and O–H groups in total. The Bertz CT molecular complexity index is 515. The van der Waals surface area contributed by atoms with E-state index in [1.807, 2.05) is 24.3 Å². The van der Waals surface area contributed by atoms with Crippen LogP contribution in [0.2, 0.25) is 0 Å². The van der Waals surface area contributed by atoms with Crippen LogP contribution in [0.15, 0.2) is 24.3 Å². The van der Waals surface area contributed by atoms with Gasteiger partial charge in [-0.15, -0.1) is 0 Å². The Kier molecular flexibility index (Phi) is 4.80. The largest absolute Gasteiger partial charge is 0.480 e. The molecule has 6 nitrogen and oxygen atoms in total. The fourth-order valence-electron chi connectivity index (χ4n) is 2.45. The summed E-state index contributed by atoms with van der Waals surface area (Å²) in [5.74, 6) is -1.01. The molecule has 0 spiro atoms. The summed E-state index contributed by atoms with van der Waals surface area (Å²) >= 11 is 0. The summed E-state index contributed by atoms with van der Waals surface area (Å²) in [5, 5.41) is 11.9. The highest BCUT2D eigenvalue weighted by Gasteiger charge is 2.39. The summed E-state index contributed by atoms with van der Waals surface area (Å²) in [4.78, 5) is 24.8. The van der Waals surface area contributed by atoms with E-state index in [0.717, 1.165) is 6.42 Å². The van der Waals surface area contributed by atoms with Gasteiger partial charge in [0.25, 0.3) is 0 Å². The molecule has 1 aliphatic heterocycles. The molecule has 1 fully saturated rings. The highest BCUT2D eigenvalue weighted by atomic mass is 16.5. The van der Waals surface area contributed by atoms with Crippen LogP contribution in [0.4, 0.5) is 10.5 Å². The lowest BCUT2D eigenvalue weighted by molar-refractivity contribution is -0.141. The predicted molar refractivity (Wildman–Crippen MR) is 78.4 cm³/mol. The minimum absolute atomic E-state index is 0.237. The van der Waals surface area contributed by atoms with E-state index in [2.05, 4.69) is 12.2 Å². The van der Waals surface area contributed by atoms with Gasteiger partial charge in [-0.05, 0) is 24.1 Å². The maximum absolute atomic E-state index is 12.2. The Hall–Kier alpha value is -2.08. The Labute approximate surface area is 123 Å². The Morgan fingerprint density at radius 1 is 1.38 bits per heavy atom. The number of carbonyl (C=O) groups is 2. The molecule has 114 valence electrons. The van der Waals surface area contributed by atoms with Gasteiger partial charge in [0.2, 0.25) is 0 Å². The van der Waals surface area contributed by atoms with Crippen molar-refractivity contribution in [1.82, 2.24) is 4.90 Å². The number of urea groups is 1. The Morgan fingerprint density at radius 3 is 2.57 bits per heavy atom. The van der Waals surface area contributed by atoms with Crippen LogP contribution in [0.25, 0.3) is 0 Å². The third kappa shape index (κ3) is 3.52. The van der Waals surface area contributed by atoms with Crippen LogP contribution >= 0.6 is 0 Å². The van der Waals surface area contributed by atoms with E-state index >= 15 is 0 Å². The van der Waals surface area contributed by atoms with Crippen LogP contribution in [0.5, 0.6) is 0 Å². The van der Waals surface area contributed by atoms with E-state index < -0.39 is 18.0 Å². The maximum atomic E-state index is 12.2. The zero-order valence-electron chi connectivity index (χ0n) is 12.2. The quantitative estimate of drug-likeness (QED) is 0.889. The van der Waals surface area contributed by atoms with Crippen molar-refractivity contribution in [2.24, 2.45) is 0 Å². The minimum Gasteiger partial charge on any atom is -0.480 e. The Balaban J connectivity index is 2.05. The number of carbonyl (C=O) groups excluding carboxylic acids is 1. The summed E-state index contributed by atoms with van der Waals surface area (Å²) in [7, 11) is 1.52. The van der Waals surface area contributed by atoms with Crippen molar-refractivity contribution < 1.29 is 19.4 Å². The lowest BCUT2D eigenvalue weighted by Gasteiger charge is -2.21. The van der Waals surface area contributed by atoms with Crippen molar-refractivity contribution in [3.63, 3.8) is 0 Å². The highest BCUT2D eigenvalue weighted by Crippen LogP contribution is 2.21. The van der Waals surface area contributed by atoms with E-state index in [9.17, 15) is 14.7 Å². The lowest BCUT2D eigenvalue weighted by Crippen LogP contribution is -2.43. The number of nitrogens with one attached hydrogen (secondary N) is 1. The van der Waals surface area contributed by atoms with E-state index in [0.29, 0.717) is 12.1 Å². The molecule has 2 unspecified atom stereocenters. The number of methoxy groups -OCH3 is 1. The number of hydrogen-bond donors (Lipinski definition) is 2. The first kappa shape index (κ1) is 15.3. The monoisotopic (exact) mass is 292 g/mol. The van der Waals surface area contributed by atoms with Gasteiger partial charge in [0.15, 0.2) is 0 Å². The lowest BCUT2D eigenvalue weighted by atomic mass is 10.1. The van der Waals surface area contributed by atoms with Crippen LogP contribution in [0.3, 0.4) is 0 Å². The van der Waals surface area contributed by atoms with Gasteiger partial charge in [-0.1, -0.05) is 19.1 Å². The van der Waals surface area contributed by atoms with E-state index in [1.54, 1.807) is 0 Å². The molecular weight excluding hydrogens is 272 g/mol. The number of rotatable bonds is 4. The van der Waals surface area contributed by atoms with Crippen LogP contribution in [-0.2, 0) is 16.0 Å². The van der Waals surface area contributed by atoms with Crippen molar-refractivity contribution in [3.05, 3.63) is 29.8 Å². The molecule has 0 saturated carbocycles. The first-order chi connectivity index (χ1) is 10.0. The van der Waals surface area contributed by atoms with Gasteiger partial charge in [0.05, 0.1) is 6.10 Å². The number of aliphatic carboxylic acids is 1. The molecule has 2 atom stereocenters. The highest BCUT2D eigenvalue weighted by molar-refractivity contribution is 5.92. The smallest absolute Gasteiger partial charge is 0.326 e. The second-order valence-electron chi connectivity index (χ2n) is 5.08. The number of hydrogen-bond acceptors (Lipinski definition) is 3. The average Bonchev–Trinajstić information content (AvgIpc) is 2.92. The number of ether oxygens (including phenoxy) is 1. The standard InChI is InChI=1S/C15H20N2O4/c1-3-10-4-6-11(7-5-10)16-15(20)17-9-12(21-2)8-13(17)14(18)19/h4-7,12-13H,3,8-9H2,1-2H3,(H,16,20)(H,18,19). The molecule has 1 aromatic rings. The molecule has 2 rings (SSSR count). The summed E-state index contributed by atoms with van der Waals surface area (Å²) in [6.45, 7) is 2.34. The zero-order chi connectivity index (χ0) is 15.4. The zero-order valence-corrected chi connectivity index (χ0v) is 12.2. The molecule has 1 saturated heterocycles. The van der Waals surface area contributed by atoms with Gasteiger partial charge in [-0.2, -0.15) is 0 Å². The molecule has 2 amide bonds. The topological polar surface area (TPSA) is 78.9 Å². The van der Waals surface area contributed by atoms with Crippen LogP contribution in [0, 0.1) is 0 Å². The van der Waals surface area contributed by atoms with Crippen molar-refractivity contribution in [3.8, 4) is 0 Å². The number of likely N-dealkylation sites (tertiary alicyclic amines) is 1. The molecule has 0 aliphatic carbocycles. The van der Waals surface area contributed by atoms with Crippen LogP contribution in [0.1, 0.15) is 18.9 Å². The molecule has 1 aliphatic rings. The third-order valence-corrected chi connectivity index (χ3v) is 3.76. The van der Waals surface area contributed by atoms with Crippen molar-refractivity contribution in [2.45, 2.75) is 31.9 Å². The van der Waals surface area contributed by atoms with Crippen molar-refractivity contribution in [1.29, 1.82) is 0 Å². The summed E-state index contributed by atoms with van der Waals surface area (Å²) in [6, 6.07) is 6.25. The molecule has 1 aromatic carbocycles. The molecular formula is C15H20N2O4. The van der Waals surface area contributed by atoms with E-state index in [-0.39, 0.29) is 12.6 Å². The summed E-state index contributed by atoms with van der Waals surface area (Å²) < 4.78 is 5.17.